The Morgan fingerprint density at radius 3 is 2.83 bits per heavy atom. The summed E-state index contributed by atoms with van der Waals surface area (Å²) in [5, 5.41) is 10.5. The fraction of sp³-hybridized carbons (Fsp3) is 0.556. The molecule has 0 unspecified atom stereocenters. The second-order valence-corrected chi connectivity index (χ2v) is 7.87. The lowest BCUT2D eigenvalue weighted by Crippen LogP contribution is -2.40. The molecule has 2 aliphatic heterocycles. The molecule has 0 radical (unpaired) electrons. The molecule has 0 bridgehead atoms. The van der Waals surface area contributed by atoms with Crippen molar-refractivity contribution in [2.45, 2.75) is 31.9 Å². The van der Waals surface area contributed by atoms with Crippen molar-refractivity contribution in [1.29, 1.82) is 0 Å². The average molecular weight is 346 g/mol. The van der Waals surface area contributed by atoms with Crippen LogP contribution in [0.2, 0.25) is 0 Å². The molecule has 2 aromatic rings. The number of carbonyl (C=O) groups is 1. The molecule has 0 amide bonds. The standard InChI is InChI=1S/C18H22N2O3S/c21-18(22)13-7-10-23-17(13)12-5-8-20(9-6-12)11-16-19-14-3-1-2-4-15(14)24-16/h1-4,12-13,17H,5-11H2,(H,21,22)/t13-,17+/m1/s1. The molecule has 0 aliphatic carbocycles. The van der Waals surface area contributed by atoms with Crippen LogP contribution in [0.1, 0.15) is 24.3 Å². The fourth-order valence-corrected chi connectivity index (χ4v) is 4.97. The summed E-state index contributed by atoms with van der Waals surface area (Å²) in [5.41, 5.74) is 1.08. The van der Waals surface area contributed by atoms with Crippen LogP contribution in [0, 0.1) is 11.8 Å². The molecular formula is C18H22N2O3S. The van der Waals surface area contributed by atoms with E-state index in [2.05, 4.69) is 23.1 Å². The minimum absolute atomic E-state index is 0.0906. The molecule has 3 heterocycles. The van der Waals surface area contributed by atoms with Gasteiger partial charge in [-0.3, -0.25) is 9.69 Å². The van der Waals surface area contributed by atoms with Gasteiger partial charge in [-0.2, -0.15) is 0 Å². The van der Waals surface area contributed by atoms with Gasteiger partial charge >= 0.3 is 5.97 Å². The molecular weight excluding hydrogens is 324 g/mol. The summed E-state index contributed by atoms with van der Waals surface area (Å²) in [6.45, 7) is 3.47. The van der Waals surface area contributed by atoms with Crippen LogP contribution in [0.25, 0.3) is 10.2 Å². The first-order chi connectivity index (χ1) is 11.7. The molecule has 1 aromatic heterocycles. The van der Waals surface area contributed by atoms with E-state index >= 15 is 0 Å². The van der Waals surface area contributed by atoms with Crippen molar-refractivity contribution in [3.05, 3.63) is 29.3 Å². The highest BCUT2D eigenvalue weighted by atomic mass is 32.1. The van der Waals surface area contributed by atoms with E-state index in [0.29, 0.717) is 18.9 Å². The SMILES string of the molecule is O=C(O)[C@@H]1CCO[C@H]1C1CCN(Cc2nc3ccccc3s2)CC1. The Morgan fingerprint density at radius 1 is 1.29 bits per heavy atom. The van der Waals surface area contributed by atoms with Gasteiger partial charge in [-0.05, 0) is 50.4 Å². The highest BCUT2D eigenvalue weighted by molar-refractivity contribution is 7.18. The maximum Gasteiger partial charge on any atom is 0.309 e. The lowest BCUT2D eigenvalue weighted by Gasteiger charge is -2.35. The summed E-state index contributed by atoms with van der Waals surface area (Å²) in [6, 6.07) is 8.26. The topological polar surface area (TPSA) is 62.7 Å². The number of hydrogen-bond donors (Lipinski definition) is 1. The van der Waals surface area contributed by atoms with Crippen LogP contribution >= 0.6 is 11.3 Å². The maximum atomic E-state index is 11.3. The van der Waals surface area contributed by atoms with E-state index in [9.17, 15) is 9.90 Å². The van der Waals surface area contributed by atoms with E-state index in [1.54, 1.807) is 11.3 Å². The predicted octanol–water partition coefficient (Wildman–Crippen LogP) is 3.00. The Bertz CT molecular complexity index is 691. The Labute approximate surface area is 145 Å². The molecule has 24 heavy (non-hydrogen) atoms. The quantitative estimate of drug-likeness (QED) is 0.922. The zero-order valence-electron chi connectivity index (χ0n) is 13.6. The Balaban J connectivity index is 1.35. The number of thiazole rings is 1. The van der Waals surface area contributed by atoms with E-state index < -0.39 is 5.97 Å². The van der Waals surface area contributed by atoms with Crippen LogP contribution in [0.15, 0.2) is 24.3 Å². The number of para-hydroxylation sites is 1. The van der Waals surface area contributed by atoms with Crippen molar-refractivity contribution >= 4 is 27.5 Å². The highest BCUT2D eigenvalue weighted by Gasteiger charge is 2.40. The zero-order valence-corrected chi connectivity index (χ0v) is 14.4. The predicted molar refractivity (Wildman–Crippen MR) is 93.1 cm³/mol. The van der Waals surface area contributed by atoms with E-state index in [0.717, 1.165) is 43.0 Å². The lowest BCUT2D eigenvalue weighted by molar-refractivity contribution is -0.145. The van der Waals surface area contributed by atoms with E-state index in [-0.39, 0.29) is 12.0 Å². The van der Waals surface area contributed by atoms with Gasteiger partial charge in [-0.25, -0.2) is 4.98 Å². The Hall–Kier alpha value is -1.50. The first kappa shape index (κ1) is 16.0. The van der Waals surface area contributed by atoms with Crippen molar-refractivity contribution in [2.24, 2.45) is 11.8 Å². The number of fused-ring (bicyclic) bond motifs is 1. The largest absolute Gasteiger partial charge is 0.481 e. The summed E-state index contributed by atoms with van der Waals surface area (Å²) in [4.78, 5) is 18.5. The molecule has 1 N–H and O–H groups in total. The van der Waals surface area contributed by atoms with Gasteiger partial charge in [0.25, 0.3) is 0 Å². The third-order valence-electron chi connectivity index (χ3n) is 5.25. The van der Waals surface area contributed by atoms with Gasteiger partial charge in [-0.15, -0.1) is 11.3 Å². The molecule has 4 rings (SSSR count). The summed E-state index contributed by atoms with van der Waals surface area (Å²) in [7, 11) is 0. The third kappa shape index (κ3) is 3.18. The first-order valence-electron chi connectivity index (χ1n) is 8.62. The molecule has 1 aromatic carbocycles. The van der Waals surface area contributed by atoms with E-state index in [4.69, 9.17) is 9.72 Å². The summed E-state index contributed by atoms with van der Waals surface area (Å²) < 4.78 is 6.99. The number of benzene rings is 1. The van der Waals surface area contributed by atoms with Gasteiger partial charge in [0.1, 0.15) is 5.01 Å². The number of aliphatic carboxylic acids is 1. The smallest absolute Gasteiger partial charge is 0.309 e. The summed E-state index contributed by atoms with van der Waals surface area (Å²) >= 11 is 1.77. The summed E-state index contributed by atoms with van der Waals surface area (Å²) in [6.07, 6.45) is 2.59. The van der Waals surface area contributed by atoms with Gasteiger partial charge in [0, 0.05) is 6.61 Å². The van der Waals surface area contributed by atoms with Gasteiger partial charge in [-0.1, -0.05) is 12.1 Å². The second-order valence-electron chi connectivity index (χ2n) is 6.76. The van der Waals surface area contributed by atoms with Crippen LogP contribution in [0.3, 0.4) is 0 Å². The Morgan fingerprint density at radius 2 is 2.08 bits per heavy atom. The molecule has 2 fully saturated rings. The lowest BCUT2D eigenvalue weighted by atomic mass is 9.84. The van der Waals surface area contributed by atoms with Crippen LogP contribution < -0.4 is 0 Å². The minimum Gasteiger partial charge on any atom is -0.481 e. The van der Waals surface area contributed by atoms with Crippen LogP contribution in [0.5, 0.6) is 0 Å². The number of nitrogens with zero attached hydrogens (tertiary/aromatic N) is 2. The monoisotopic (exact) mass is 346 g/mol. The van der Waals surface area contributed by atoms with Gasteiger partial charge in [0.2, 0.25) is 0 Å². The highest BCUT2D eigenvalue weighted by Crippen LogP contribution is 2.34. The minimum atomic E-state index is -0.700. The average Bonchev–Trinajstić information content (AvgIpc) is 3.21. The number of carboxylic acid groups (broad SMARTS) is 1. The maximum absolute atomic E-state index is 11.3. The molecule has 5 nitrogen and oxygen atoms in total. The molecule has 6 heteroatoms. The van der Waals surface area contributed by atoms with Crippen molar-refractivity contribution in [2.75, 3.05) is 19.7 Å². The number of ether oxygens (including phenoxy) is 1. The third-order valence-corrected chi connectivity index (χ3v) is 6.27. The molecule has 2 saturated heterocycles. The normalized spacial score (nSPS) is 26.2. The number of rotatable bonds is 4. The van der Waals surface area contributed by atoms with Crippen LogP contribution in [0.4, 0.5) is 0 Å². The molecule has 0 saturated carbocycles. The fourth-order valence-electron chi connectivity index (χ4n) is 3.96. The number of piperidine rings is 1. The Kier molecular flexibility index (Phi) is 4.52. The van der Waals surface area contributed by atoms with Gasteiger partial charge in [0.05, 0.1) is 28.8 Å². The zero-order chi connectivity index (χ0) is 16.5. The molecule has 0 spiro atoms. The molecule has 2 atom stereocenters. The van der Waals surface area contributed by atoms with E-state index in [1.807, 2.05) is 6.07 Å². The van der Waals surface area contributed by atoms with Crippen molar-refractivity contribution in [3.63, 3.8) is 0 Å². The van der Waals surface area contributed by atoms with Crippen molar-refractivity contribution in [1.82, 2.24) is 9.88 Å². The number of carboxylic acids is 1. The van der Waals surface area contributed by atoms with Crippen LogP contribution in [-0.2, 0) is 16.1 Å². The second kappa shape index (κ2) is 6.78. The van der Waals surface area contributed by atoms with Crippen LogP contribution in [-0.4, -0.2) is 46.8 Å². The van der Waals surface area contributed by atoms with Crippen molar-refractivity contribution in [3.8, 4) is 0 Å². The number of hydrogen-bond acceptors (Lipinski definition) is 5. The first-order valence-corrected chi connectivity index (χ1v) is 9.43. The van der Waals surface area contributed by atoms with E-state index in [1.165, 1.54) is 4.70 Å². The molecule has 128 valence electrons. The van der Waals surface area contributed by atoms with Crippen molar-refractivity contribution < 1.29 is 14.6 Å². The molecule has 2 aliphatic rings. The summed E-state index contributed by atoms with van der Waals surface area (Å²) in [5.74, 6) is -0.638. The number of aromatic nitrogens is 1. The van der Waals surface area contributed by atoms with Gasteiger partial charge in [0.15, 0.2) is 0 Å². The number of likely N-dealkylation sites (tertiary alicyclic amines) is 1. The van der Waals surface area contributed by atoms with Gasteiger partial charge < -0.3 is 9.84 Å².